The molecule has 1 aliphatic carbocycles. The summed E-state index contributed by atoms with van der Waals surface area (Å²) in [4.78, 5) is 0. The number of hydrogen-bond acceptors (Lipinski definition) is 3. The number of nitriles is 2. The molecule has 23 heavy (non-hydrogen) atoms. The zero-order valence-electron chi connectivity index (χ0n) is 14.4. The Morgan fingerprint density at radius 1 is 1.22 bits per heavy atom. The standard InChI is InChI=1S/C20H22N2O/c1-14(2)18(23-5)19(3,4)20(13-22)11-10-15(12-21)16-8-6-7-9-17(16)20/h6-10H,11H2,1-5H3. The largest absolute Gasteiger partial charge is 0.501 e. The highest BCUT2D eigenvalue weighted by Gasteiger charge is 2.52. The lowest BCUT2D eigenvalue weighted by Gasteiger charge is -2.45. The SMILES string of the molecule is COC(=C(C)C)C(C)(C)C1(C#N)CC=C(C#N)c2ccccc21. The van der Waals surface area contributed by atoms with Gasteiger partial charge in [-0.25, -0.2) is 0 Å². The van der Waals surface area contributed by atoms with Gasteiger partial charge in [-0.3, -0.25) is 0 Å². The van der Waals surface area contributed by atoms with Crippen molar-refractivity contribution in [2.45, 2.75) is 39.5 Å². The van der Waals surface area contributed by atoms with Gasteiger partial charge in [0, 0.05) is 5.41 Å². The van der Waals surface area contributed by atoms with E-state index >= 15 is 0 Å². The molecule has 0 aromatic heterocycles. The van der Waals surface area contributed by atoms with Crippen LogP contribution in [0.3, 0.4) is 0 Å². The zero-order chi connectivity index (χ0) is 17.3. The van der Waals surface area contributed by atoms with Gasteiger partial charge in [0.15, 0.2) is 0 Å². The normalized spacial score (nSPS) is 19.7. The van der Waals surface area contributed by atoms with E-state index in [1.165, 1.54) is 0 Å². The molecule has 1 aromatic rings. The molecule has 0 aliphatic heterocycles. The molecule has 2 rings (SSSR count). The van der Waals surface area contributed by atoms with E-state index < -0.39 is 10.8 Å². The maximum atomic E-state index is 10.2. The third-order valence-electron chi connectivity index (χ3n) is 4.89. The predicted octanol–water partition coefficient (Wildman–Crippen LogP) is 4.73. The molecule has 0 bridgehead atoms. The fourth-order valence-electron chi connectivity index (χ4n) is 3.79. The van der Waals surface area contributed by atoms with Crippen molar-refractivity contribution in [1.82, 2.24) is 0 Å². The van der Waals surface area contributed by atoms with Crippen LogP contribution in [0.4, 0.5) is 0 Å². The topological polar surface area (TPSA) is 56.8 Å². The number of benzene rings is 1. The van der Waals surface area contributed by atoms with E-state index in [1.807, 2.05) is 58.0 Å². The van der Waals surface area contributed by atoms with Crippen molar-refractivity contribution in [2.24, 2.45) is 5.41 Å². The number of fused-ring (bicyclic) bond motifs is 1. The Morgan fingerprint density at radius 3 is 2.39 bits per heavy atom. The molecule has 0 saturated carbocycles. The summed E-state index contributed by atoms with van der Waals surface area (Å²) in [5, 5.41) is 19.6. The molecular weight excluding hydrogens is 284 g/mol. The molecule has 0 amide bonds. The van der Waals surface area contributed by atoms with Crippen LogP contribution in [0, 0.1) is 28.1 Å². The Balaban J connectivity index is 2.79. The summed E-state index contributed by atoms with van der Waals surface area (Å²) in [5.41, 5.74) is 2.15. The number of hydrogen-bond donors (Lipinski definition) is 0. The minimum atomic E-state index is -0.771. The van der Waals surface area contributed by atoms with Gasteiger partial charge in [-0.1, -0.05) is 44.2 Å². The molecule has 1 aromatic carbocycles. The summed E-state index contributed by atoms with van der Waals surface area (Å²) in [5.74, 6) is 0.822. The predicted molar refractivity (Wildman–Crippen MR) is 91.1 cm³/mol. The lowest BCUT2D eigenvalue weighted by molar-refractivity contribution is 0.135. The second kappa shape index (κ2) is 5.94. The second-order valence-corrected chi connectivity index (χ2v) is 6.65. The van der Waals surface area contributed by atoms with E-state index in [0.29, 0.717) is 12.0 Å². The third-order valence-corrected chi connectivity index (χ3v) is 4.89. The molecule has 0 radical (unpaired) electrons. The van der Waals surface area contributed by atoms with Gasteiger partial charge in [0.05, 0.1) is 30.2 Å². The summed E-state index contributed by atoms with van der Waals surface area (Å²) in [6, 6.07) is 12.5. The van der Waals surface area contributed by atoms with Crippen molar-refractivity contribution in [3.8, 4) is 12.1 Å². The van der Waals surface area contributed by atoms with Gasteiger partial charge in [-0.05, 0) is 37.0 Å². The van der Waals surface area contributed by atoms with Gasteiger partial charge in [-0.15, -0.1) is 0 Å². The summed E-state index contributed by atoms with van der Waals surface area (Å²) in [6.07, 6.45) is 2.38. The molecule has 1 unspecified atom stereocenters. The van der Waals surface area contributed by atoms with Gasteiger partial charge < -0.3 is 4.74 Å². The summed E-state index contributed by atoms with van der Waals surface area (Å²) in [6.45, 7) is 8.09. The Hall–Kier alpha value is -2.52. The number of nitrogens with zero attached hydrogens (tertiary/aromatic N) is 2. The number of ether oxygens (including phenoxy) is 1. The molecule has 1 aliphatic rings. The minimum absolute atomic E-state index is 0.497. The quantitative estimate of drug-likeness (QED) is 0.759. The monoisotopic (exact) mass is 306 g/mol. The molecule has 0 fully saturated rings. The van der Waals surface area contributed by atoms with E-state index in [1.54, 1.807) is 7.11 Å². The van der Waals surface area contributed by atoms with Gasteiger partial charge >= 0.3 is 0 Å². The maximum absolute atomic E-state index is 10.2. The van der Waals surface area contributed by atoms with E-state index in [9.17, 15) is 10.5 Å². The van der Waals surface area contributed by atoms with Gasteiger partial charge in [-0.2, -0.15) is 10.5 Å². The second-order valence-electron chi connectivity index (χ2n) is 6.65. The molecule has 3 nitrogen and oxygen atoms in total. The lowest BCUT2D eigenvalue weighted by atomic mass is 9.56. The van der Waals surface area contributed by atoms with Crippen molar-refractivity contribution in [2.75, 3.05) is 7.11 Å². The third kappa shape index (κ3) is 2.34. The highest BCUT2D eigenvalue weighted by atomic mass is 16.5. The average molecular weight is 306 g/mol. The molecule has 3 heteroatoms. The molecule has 0 heterocycles. The fourth-order valence-corrected chi connectivity index (χ4v) is 3.79. The van der Waals surface area contributed by atoms with Crippen LogP contribution in [0.15, 0.2) is 41.7 Å². The summed E-state index contributed by atoms with van der Waals surface area (Å²) < 4.78 is 5.67. The Bertz CT molecular complexity index is 768. The summed E-state index contributed by atoms with van der Waals surface area (Å²) in [7, 11) is 1.65. The first-order valence-corrected chi connectivity index (χ1v) is 7.69. The van der Waals surface area contributed by atoms with Gasteiger partial charge in [0.1, 0.15) is 5.76 Å². The van der Waals surface area contributed by atoms with Crippen LogP contribution in [0.25, 0.3) is 5.57 Å². The van der Waals surface area contributed by atoms with Crippen molar-refractivity contribution in [3.05, 3.63) is 52.8 Å². The average Bonchev–Trinajstić information content (AvgIpc) is 2.53. The van der Waals surface area contributed by atoms with Crippen LogP contribution in [0.5, 0.6) is 0 Å². The molecular formula is C20H22N2O. The van der Waals surface area contributed by atoms with Gasteiger partial charge in [0.2, 0.25) is 0 Å². The van der Waals surface area contributed by atoms with Crippen LogP contribution >= 0.6 is 0 Å². The minimum Gasteiger partial charge on any atom is -0.501 e. The highest BCUT2D eigenvalue weighted by Crippen LogP contribution is 2.53. The van der Waals surface area contributed by atoms with Crippen LogP contribution in [-0.2, 0) is 10.2 Å². The fraction of sp³-hybridized carbons (Fsp3) is 0.400. The molecule has 118 valence electrons. The van der Waals surface area contributed by atoms with Crippen molar-refractivity contribution in [1.29, 1.82) is 10.5 Å². The van der Waals surface area contributed by atoms with Crippen LogP contribution in [0.2, 0.25) is 0 Å². The van der Waals surface area contributed by atoms with Crippen molar-refractivity contribution >= 4 is 5.57 Å². The molecule has 0 N–H and O–H groups in total. The van der Waals surface area contributed by atoms with Crippen LogP contribution in [0.1, 0.15) is 45.2 Å². The Morgan fingerprint density at radius 2 is 1.87 bits per heavy atom. The van der Waals surface area contributed by atoms with Gasteiger partial charge in [0.25, 0.3) is 0 Å². The first-order valence-electron chi connectivity index (χ1n) is 7.69. The van der Waals surface area contributed by atoms with E-state index in [2.05, 4.69) is 12.1 Å². The number of allylic oxidation sites excluding steroid dienone is 4. The van der Waals surface area contributed by atoms with E-state index in [-0.39, 0.29) is 0 Å². The Kier molecular flexibility index (Phi) is 4.35. The molecule has 1 atom stereocenters. The first kappa shape index (κ1) is 16.8. The number of rotatable bonds is 3. The molecule has 0 saturated heterocycles. The Labute approximate surface area is 138 Å². The van der Waals surface area contributed by atoms with Crippen molar-refractivity contribution in [3.63, 3.8) is 0 Å². The van der Waals surface area contributed by atoms with E-state index in [4.69, 9.17) is 4.74 Å². The van der Waals surface area contributed by atoms with E-state index in [0.717, 1.165) is 22.5 Å². The smallest absolute Gasteiger partial charge is 0.102 e. The zero-order valence-corrected chi connectivity index (χ0v) is 14.4. The van der Waals surface area contributed by atoms with Crippen LogP contribution in [-0.4, -0.2) is 7.11 Å². The first-order chi connectivity index (χ1) is 10.9. The lowest BCUT2D eigenvalue weighted by Crippen LogP contribution is -2.44. The maximum Gasteiger partial charge on any atom is 0.102 e. The molecule has 0 spiro atoms. The summed E-state index contributed by atoms with van der Waals surface area (Å²) >= 11 is 0. The van der Waals surface area contributed by atoms with Crippen molar-refractivity contribution < 1.29 is 4.74 Å². The number of methoxy groups -OCH3 is 1. The highest BCUT2D eigenvalue weighted by molar-refractivity contribution is 5.82. The van der Waals surface area contributed by atoms with Crippen LogP contribution < -0.4 is 0 Å².